The third-order valence-electron chi connectivity index (χ3n) is 3.39. The summed E-state index contributed by atoms with van der Waals surface area (Å²) in [5, 5.41) is 0. The highest BCUT2D eigenvalue weighted by atomic mass is 16.7. The normalized spacial score (nSPS) is 16.3. The highest BCUT2D eigenvalue weighted by Gasteiger charge is 2.21. The van der Waals surface area contributed by atoms with Gasteiger partial charge in [-0.2, -0.15) is 0 Å². The fourth-order valence-corrected chi connectivity index (χ4v) is 2.29. The lowest BCUT2D eigenvalue weighted by atomic mass is 10.2. The lowest BCUT2D eigenvalue weighted by Crippen LogP contribution is -2.32. The summed E-state index contributed by atoms with van der Waals surface area (Å²) in [6.45, 7) is 1.44. The highest BCUT2D eigenvalue weighted by molar-refractivity contribution is 5.92. The van der Waals surface area contributed by atoms with Crippen LogP contribution in [0.4, 0.5) is 0 Å². The van der Waals surface area contributed by atoms with Gasteiger partial charge in [0.1, 0.15) is 0 Å². The molecule has 1 aromatic carbocycles. The van der Waals surface area contributed by atoms with Gasteiger partial charge in [0.2, 0.25) is 6.79 Å². The van der Waals surface area contributed by atoms with Gasteiger partial charge in [0, 0.05) is 13.1 Å². The molecule has 3 rings (SSSR count). The Kier molecular flexibility index (Phi) is 3.45. The molecule has 0 saturated carbocycles. The van der Waals surface area contributed by atoms with Crippen LogP contribution < -0.4 is 9.47 Å². The van der Waals surface area contributed by atoms with Crippen LogP contribution in [0.15, 0.2) is 18.2 Å². The second kappa shape index (κ2) is 5.40. The van der Waals surface area contributed by atoms with Crippen LogP contribution in [0.2, 0.25) is 0 Å². The molecule has 1 amide bonds. The minimum atomic E-state index is -0.532. The summed E-state index contributed by atoms with van der Waals surface area (Å²) in [7, 11) is 0. The number of hydrogen-bond acceptors (Lipinski definition) is 5. The van der Waals surface area contributed by atoms with Crippen molar-refractivity contribution in [2.45, 2.75) is 12.8 Å². The molecule has 0 bridgehead atoms. The zero-order chi connectivity index (χ0) is 13.9. The number of rotatable bonds is 3. The molecule has 2 aliphatic heterocycles. The molecule has 0 unspecified atom stereocenters. The maximum Gasteiger partial charge on any atom is 0.338 e. The lowest BCUT2D eigenvalue weighted by Gasteiger charge is -2.14. The first-order valence-electron chi connectivity index (χ1n) is 6.58. The molecular formula is C14H15NO5. The minimum Gasteiger partial charge on any atom is -0.454 e. The van der Waals surface area contributed by atoms with Crippen molar-refractivity contribution in [2.75, 3.05) is 26.5 Å². The average molecular weight is 277 g/mol. The van der Waals surface area contributed by atoms with Crippen molar-refractivity contribution >= 4 is 11.9 Å². The Hall–Kier alpha value is -2.24. The molecule has 6 nitrogen and oxygen atoms in total. The maximum absolute atomic E-state index is 11.9. The first-order valence-corrected chi connectivity index (χ1v) is 6.58. The molecule has 0 atom stereocenters. The molecule has 0 aromatic heterocycles. The highest BCUT2D eigenvalue weighted by Crippen LogP contribution is 2.32. The quantitative estimate of drug-likeness (QED) is 0.777. The number of likely N-dealkylation sites (tertiary alicyclic amines) is 1. The fraction of sp³-hybridized carbons (Fsp3) is 0.429. The molecule has 20 heavy (non-hydrogen) atoms. The Labute approximate surface area is 116 Å². The Morgan fingerprint density at radius 2 is 1.90 bits per heavy atom. The Morgan fingerprint density at radius 3 is 2.70 bits per heavy atom. The molecule has 2 aliphatic rings. The maximum atomic E-state index is 11.9. The van der Waals surface area contributed by atoms with Crippen molar-refractivity contribution in [3.05, 3.63) is 23.8 Å². The SMILES string of the molecule is O=C(OCC(=O)N1CCCC1)c1ccc2c(c1)OCO2. The van der Waals surface area contributed by atoms with Crippen molar-refractivity contribution in [1.29, 1.82) is 0 Å². The first kappa shape index (κ1) is 12.8. The van der Waals surface area contributed by atoms with E-state index in [4.69, 9.17) is 14.2 Å². The van der Waals surface area contributed by atoms with Crippen molar-refractivity contribution in [1.82, 2.24) is 4.90 Å². The van der Waals surface area contributed by atoms with Crippen LogP contribution in [0.25, 0.3) is 0 Å². The molecule has 106 valence electrons. The van der Waals surface area contributed by atoms with Gasteiger partial charge < -0.3 is 19.1 Å². The number of ether oxygens (including phenoxy) is 3. The molecule has 6 heteroatoms. The molecule has 0 aliphatic carbocycles. The van der Waals surface area contributed by atoms with Crippen LogP contribution in [0.3, 0.4) is 0 Å². The van der Waals surface area contributed by atoms with Gasteiger partial charge in [-0.3, -0.25) is 4.79 Å². The van der Waals surface area contributed by atoms with Gasteiger partial charge in [-0.05, 0) is 31.0 Å². The van der Waals surface area contributed by atoms with Crippen molar-refractivity contribution in [3.63, 3.8) is 0 Å². The molecule has 0 radical (unpaired) electrons. The summed E-state index contributed by atoms with van der Waals surface area (Å²) in [6.07, 6.45) is 2.03. The summed E-state index contributed by atoms with van der Waals surface area (Å²) >= 11 is 0. The number of nitrogens with zero attached hydrogens (tertiary/aromatic N) is 1. The topological polar surface area (TPSA) is 65.1 Å². The van der Waals surface area contributed by atoms with Crippen LogP contribution in [0.5, 0.6) is 11.5 Å². The van der Waals surface area contributed by atoms with Crippen molar-refractivity contribution < 1.29 is 23.8 Å². The molecule has 1 saturated heterocycles. The van der Waals surface area contributed by atoms with Gasteiger partial charge in [0.15, 0.2) is 18.1 Å². The monoisotopic (exact) mass is 277 g/mol. The lowest BCUT2D eigenvalue weighted by molar-refractivity contribution is -0.133. The number of carbonyl (C=O) groups excluding carboxylic acids is 2. The number of benzene rings is 1. The largest absolute Gasteiger partial charge is 0.454 e. The van der Waals surface area contributed by atoms with E-state index < -0.39 is 5.97 Å². The predicted octanol–water partition coefficient (Wildman–Crippen LogP) is 1.19. The smallest absolute Gasteiger partial charge is 0.338 e. The van der Waals surface area contributed by atoms with Crippen LogP contribution in [0, 0.1) is 0 Å². The first-order chi connectivity index (χ1) is 9.74. The molecule has 1 aromatic rings. The van der Waals surface area contributed by atoms with E-state index in [0.29, 0.717) is 17.1 Å². The summed E-state index contributed by atoms with van der Waals surface area (Å²) in [5.41, 5.74) is 0.350. The molecule has 1 fully saturated rings. The van der Waals surface area contributed by atoms with Gasteiger partial charge in [-0.1, -0.05) is 0 Å². The van der Waals surface area contributed by atoms with Crippen molar-refractivity contribution in [3.8, 4) is 11.5 Å². The van der Waals surface area contributed by atoms with Gasteiger partial charge >= 0.3 is 5.97 Å². The predicted molar refractivity (Wildman–Crippen MR) is 68.7 cm³/mol. The van der Waals surface area contributed by atoms with E-state index in [1.165, 1.54) is 0 Å². The summed E-state index contributed by atoms with van der Waals surface area (Å²) in [5.74, 6) is 0.451. The van der Waals surface area contributed by atoms with E-state index in [1.807, 2.05) is 0 Å². The third-order valence-corrected chi connectivity index (χ3v) is 3.39. The average Bonchev–Trinajstić information content (AvgIpc) is 3.13. The van der Waals surface area contributed by atoms with Gasteiger partial charge in [-0.15, -0.1) is 0 Å². The van der Waals surface area contributed by atoms with Gasteiger partial charge in [0.25, 0.3) is 5.91 Å². The van der Waals surface area contributed by atoms with Crippen molar-refractivity contribution in [2.24, 2.45) is 0 Å². The van der Waals surface area contributed by atoms with Crippen LogP contribution in [-0.4, -0.2) is 43.3 Å². The Bertz CT molecular complexity index is 536. The molecule has 0 spiro atoms. The Balaban J connectivity index is 1.57. The summed E-state index contributed by atoms with van der Waals surface area (Å²) in [6, 6.07) is 4.81. The standard InChI is InChI=1S/C14H15NO5/c16-13(15-5-1-2-6-15)8-18-14(17)10-3-4-11-12(7-10)20-9-19-11/h3-4,7H,1-2,5-6,8-9H2. The number of esters is 1. The molecule has 0 N–H and O–H groups in total. The third kappa shape index (κ3) is 2.54. The van der Waals surface area contributed by atoms with Gasteiger partial charge in [0.05, 0.1) is 5.56 Å². The van der Waals surface area contributed by atoms with Crippen LogP contribution in [-0.2, 0) is 9.53 Å². The number of amides is 1. The van der Waals surface area contributed by atoms with E-state index in [9.17, 15) is 9.59 Å². The van der Waals surface area contributed by atoms with E-state index in [-0.39, 0.29) is 19.3 Å². The Morgan fingerprint density at radius 1 is 1.15 bits per heavy atom. The van der Waals surface area contributed by atoms with E-state index in [2.05, 4.69) is 0 Å². The molecular weight excluding hydrogens is 262 g/mol. The fourth-order valence-electron chi connectivity index (χ4n) is 2.29. The number of carbonyl (C=O) groups is 2. The number of hydrogen-bond donors (Lipinski definition) is 0. The number of fused-ring (bicyclic) bond motifs is 1. The van der Waals surface area contributed by atoms with E-state index in [0.717, 1.165) is 25.9 Å². The zero-order valence-corrected chi connectivity index (χ0v) is 11.0. The zero-order valence-electron chi connectivity index (χ0n) is 11.0. The van der Waals surface area contributed by atoms with Crippen LogP contribution in [0.1, 0.15) is 23.2 Å². The van der Waals surface area contributed by atoms with Gasteiger partial charge in [-0.25, -0.2) is 4.79 Å². The van der Waals surface area contributed by atoms with E-state index in [1.54, 1.807) is 23.1 Å². The van der Waals surface area contributed by atoms with Crippen LogP contribution >= 0.6 is 0 Å². The second-order valence-electron chi connectivity index (χ2n) is 4.73. The second-order valence-corrected chi connectivity index (χ2v) is 4.73. The minimum absolute atomic E-state index is 0.142. The molecule has 2 heterocycles. The summed E-state index contributed by atoms with van der Waals surface area (Å²) < 4.78 is 15.4. The summed E-state index contributed by atoms with van der Waals surface area (Å²) in [4.78, 5) is 25.4. The van der Waals surface area contributed by atoms with E-state index >= 15 is 0 Å².